The van der Waals surface area contributed by atoms with Gasteiger partial charge in [-0.15, -0.1) is 10.2 Å². The zero-order valence-electron chi connectivity index (χ0n) is 18.8. The maximum Gasteiger partial charge on any atom is 0.251 e. The van der Waals surface area contributed by atoms with Crippen molar-refractivity contribution in [3.8, 4) is 11.5 Å². The molecule has 3 N–H and O–H groups in total. The summed E-state index contributed by atoms with van der Waals surface area (Å²) in [5, 5.41) is 17.2. The molecule has 3 rings (SSSR count). The number of aromatic nitrogens is 2. The Bertz CT molecular complexity index is 1150. The fourth-order valence-corrected chi connectivity index (χ4v) is 3.65. The van der Waals surface area contributed by atoms with Gasteiger partial charge in [0, 0.05) is 37.1 Å². The number of hydrogen-bond acceptors (Lipinski definition) is 8. The topological polar surface area (TPSA) is 132 Å². The molecule has 0 saturated heterocycles. The van der Waals surface area contributed by atoms with Gasteiger partial charge in [0.15, 0.2) is 0 Å². The molecule has 0 spiro atoms. The minimum atomic E-state index is -0.292. The molecule has 3 amide bonds. The van der Waals surface area contributed by atoms with E-state index in [1.165, 1.54) is 18.4 Å². The fraction of sp³-hybridized carbons (Fsp3) is 0.261. The summed E-state index contributed by atoms with van der Waals surface area (Å²) in [6.07, 6.45) is 0.557. The van der Waals surface area contributed by atoms with Crippen LogP contribution in [0.4, 0.5) is 5.13 Å². The summed E-state index contributed by atoms with van der Waals surface area (Å²) in [5.41, 5.74) is 0.954. The Morgan fingerprint density at radius 3 is 2.03 bits per heavy atom. The van der Waals surface area contributed by atoms with Gasteiger partial charge in [0.25, 0.3) is 11.8 Å². The number of rotatable bonds is 11. The van der Waals surface area contributed by atoms with Gasteiger partial charge in [-0.25, -0.2) is 0 Å². The van der Waals surface area contributed by atoms with Gasteiger partial charge in [-0.05, 0) is 36.4 Å². The number of nitrogens with one attached hydrogen (secondary N) is 3. The van der Waals surface area contributed by atoms with Gasteiger partial charge in [0.05, 0.1) is 14.2 Å². The lowest BCUT2D eigenvalue weighted by atomic mass is 10.2. The molecule has 0 atom stereocenters. The second-order valence-electron chi connectivity index (χ2n) is 7.02. The molecule has 178 valence electrons. The number of methoxy groups -OCH3 is 2. The predicted molar refractivity (Wildman–Crippen MR) is 128 cm³/mol. The Morgan fingerprint density at radius 2 is 1.44 bits per heavy atom. The van der Waals surface area contributed by atoms with E-state index < -0.39 is 0 Å². The van der Waals surface area contributed by atoms with Crippen LogP contribution in [-0.2, 0) is 11.2 Å². The van der Waals surface area contributed by atoms with E-state index in [1.54, 1.807) is 55.6 Å². The summed E-state index contributed by atoms with van der Waals surface area (Å²) in [6, 6.07) is 13.6. The minimum absolute atomic E-state index is 0.0845. The number of carbonyl (C=O) groups excluding carboxylic acids is 3. The molecule has 0 radical (unpaired) electrons. The summed E-state index contributed by atoms with van der Waals surface area (Å²) < 4.78 is 10.2. The third-order valence-corrected chi connectivity index (χ3v) is 5.54. The summed E-state index contributed by atoms with van der Waals surface area (Å²) in [4.78, 5) is 36.5. The van der Waals surface area contributed by atoms with E-state index in [-0.39, 0.29) is 30.7 Å². The standard InChI is InChI=1S/C23H25N5O5S/c1-32-17-7-3-5-15(13-17)21(30)24-11-9-19(29)26-23-28-27-20(34-23)10-12-25-22(31)16-6-4-8-18(14-16)33-2/h3-8,13-14H,9-12H2,1-2H3,(H,24,30)(H,25,31)(H,26,28,29). The zero-order chi connectivity index (χ0) is 24.3. The van der Waals surface area contributed by atoms with Gasteiger partial charge < -0.3 is 25.4 Å². The molecule has 1 aromatic heterocycles. The number of nitrogens with zero attached hydrogens (tertiary/aromatic N) is 2. The molecule has 3 aromatic rings. The van der Waals surface area contributed by atoms with Gasteiger partial charge in [-0.1, -0.05) is 23.5 Å². The first kappa shape index (κ1) is 24.6. The van der Waals surface area contributed by atoms with Crippen molar-refractivity contribution in [3.05, 3.63) is 64.7 Å². The van der Waals surface area contributed by atoms with Gasteiger partial charge in [0.2, 0.25) is 11.0 Å². The number of hydrogen-bond donors (Lipinski definition) is 3. The minimum Gasteiger partial charge on any atom is -0.497 e. The van der Waals surface area contributed by atoms with Gasteiger partial charge in [-0.3, -0.25) is 14.4 Å². The fourth-order valence-electron chi connectivity index (χ4n) is 2.89. The molecular weight excluding hydrogens is 458 g/mol. The van der Waals surface area contributed by atoms with Crippen molar-refractivity contribution in [2.45, 2.75) is 12.8 Å². The average molecular weight is 484 g/mol. The highest BCUT2D eigenvalue weighted by atomic mass is 32.1. The predicted octanol–water partition coefficient (Wildman–Crippen LogP) is 2.29. The van der Waals surface area contributed by atoms with Crippen molar-refractivity contribution in [1.29, 1.82) is 0 Å². The highest BCUT2D eigenvalue weighted by molar-refractivity contribution is 7.15. The van der Waals surface area contributed by atoms with Crippen molar-refractivity contribution in [2.75, 3.05) is 32.6 Å². The summed E-state index contributed by atoms with van der Waals surface area (Å²) in [6.45, 7) is 0.540. The lowest BCUT2D eigenvalue weighted by Gasteiger charge is -2.06. The van der Waals surface area contributed by atoms with E-state index in [4.69, 9.17) is 9.47 Å². The van der Waals surface area contributed by atoms with Crippen LogP contribution in [0.3, 0.4) is 0 Å². The third kappa shape index (κ3) is 7.27. The quantitative estimate of drug-likeness (QED) is 0.381. The average Bonchev–Trinajstić information content (AvgIpc) is 3.30. The molecule has 11 heteroatoms. The molecular formula is C23H25N5O5S. The molecule has 0 fully saturated rings. The third-order valence-electron chi connectivity index (χ3n) is 4.64. The van der Waals surface area contributed by atoms with E-state index in [2.05, 4.69) is 26.1 Å². The second kappa shape index (κ2) is 12.3. The van der Waals surface area contributed by atoms with E-state index >= 15 is 0 Å². The SMILES string of the molecule is COc1cccc(C(=O)NCCC(=O)Nc2nnc(CCNC(=O)c3cccc(OC)c3)s2)c1. The van der Waals surface area contributed by atoms with Gasteiger partial charge >= 0.3 is 0 Å². The first-order valence-corrected chi connectivity index (χ1v) is 11.3. The van der Waals surface area contributed by atoms with Crippen molar-refractivity contribution in [3.63, 3.8) is 0 Å². The number of anilines is 1. The van der Waals surface area contributed by atoms with E-state index in [9.17, 15) is 14.4 Å². The maximum absolute atomic E-state index is 12.2. The number of benzene rings is 2. The molecule has 0 bridgehead atoms. The monoisotopic (exact) mass is 483 g/mol. The van der Waals surface area contributed by atoms with Crippen molar-refractivity contribution >= 4 is 34.2 Å². The van der Waals surface area contributed by atoms with Crippen LogP contribution in [-0.4, -0.2) is 55.2 Å². The van der Waals surface area contributed by atoms with Gasteiger partial charge in [-0.2, -0.15) is 0 Å². The number of amides is 3. The van der Waals surface area contributed by atoms with Crippen LogP contribution in [0.2, 0.25) is 0 Å². The summed E-state index contributed by atoms with van der Waals surface area (Å²) >= 11 is 1.23. The van der Waals surface area contributed by atoms with Crippen LogP contribution in [0.15, 0.2) is 48.5 Å². The zero-order valence-corrected chi connectivity index (χ0v) is 19.6. The van der Waals surface area contributed by atoms with Crippen LogP contribution in [0.1, 0.15) is 32.1 Å². The van der Waals surface area contributed by atoms with Crippen LogP contribution in [0.25, 0.3) is 0 Å². The lowest BCUT2D eigenvalue weighted by molar-refractivity contribution is -0.116. The molecule has 34 heavy (non-hydrogen) atoms. The van der Waals surface area contributed by atoms with Crippen molar-refractivity contribution in [1.82, 2.24) is 20.8 Å². The highest BCUT2D eigenvalue weighted by Crippen LogP contribution is 2.16. The van der Waals surface area contributed by atoms with E-state index in [0.717, 1.165) is 0 Å². The first-order valence-electron chi connectivity index (χ1n) is 10.4. The first-order chi connectivity index (χ1) is 16.5. The van der Waals surface area contributed by atoms with E-state index in [0.29, 0.717) is 45.7 Å². The maximum atomic E-state index is 12.2. The Morgan fingerprint density at radius 1 is 0.853 bits per heavy atom. The molecule has 0 aliphatic heterocycles. The number of carbonyl (C=O) groups is 3. The second-order valence-corrected chi connectivity index (χ2v) is 8.09. The Labute approximate surface area is 200 Å². The molecule has 0 aliphatic carbocycles. The smallest absolute Gasteiger partial charge is 0.251 e. The van der Waals surface area contributed by atoms with E-state index in [1.807, 2.05) is 0 Å². The molecule has 1 heterocycles. The van der Waals surface area contributed by atoms with Crippen LogP contribution < -0.4 is 25.4 Å². The number of ether oxygens (including phenoxy) is 2. The Kier molecular flexibility index (Phi) is 8.92. The highest BCUT2D eigenvalue weighted by Gasteiger charge is 2.11. The van der Waals surface area contributed by atoms with Gasteiger partial charge in [0.1, 0.15) is 16.5 Å². The summed E-state index contributed by atoms with van der Waals surface area (Å²) in [7, 11) is 3.07. The Hall–Kier alpha value is -3.99. The van der Waals surface area contributed by atoms with Crippen LogP contribution >= 0.6 is 11.3 Å². The van der Waals surface area contributed by atoms with Crippen molar-refractivity contribution < 1.29 is 23.9 Å². The normalized spacial score (nSPS) is 10.3. The summed E-state index contributed by atoms with van der Waals surface area (Å²) in [5.74, 6) is 0.392. The largest absolute Gasteiger partial charge is 0.497 e. The molecule has 2 aromatic carbocycles. The van der Waals surface area contributed by atoms with Crippen LogP contribution in [0, 0.1) is 0 Å². The van der Waals surface area contributed by atoms with Crippen LogP contribution in [0.5, 0.6) is 11.5 Å². The molecule has 10 nitrogen and oxygen atoms in total. The Balaban J connectivity index is 1.38. The molecule has 0 saturated carbocycles. The molecule has 0 unspecified atom stereocenters. The lowest BCUT2D eigenvalue weighted by Crippen LogP contribution is -2.27. The molecule has 0 aliphatic rings. The van der Waals surface area contributed by atoms with Crippen molar-refractivity contribution in [2.24, 2.45) is 0 Å².